The number of phenolic OH excluding ortho intramolecular Hbond substituents is 1. The molecule has 18 heavy (non-hydrogen) atoms. The van der Waals surface area contributed by atoms with Gasteiger partial charge in [0.25, 0.3) is 10.0 Å². The maximum Gasteiger partial charge on any atom is 0.261 e. The zero-order chi connectivity index (χ0) is 13.2. The van der Waals surface area contributed by atoms with E-state index in [1.54, 1.807) is 25.1 Å². The van der Waals surface area contributed by atoms with Gasteiger partial charge in [0.1, 0.15) is 5.75 Å². The van der Waals surface area contributed by atoms with Gasteiger partial charge in [-0.15, -0.1) is 0 Å². The third kappa shape index (κ3) is 2.62. The molecule has 2 aromatic carbocycles. The monoisotopic (exact) mass is 263 g/mol. The molecule has 0 radical (unpaired) electrons. The van der Waals surface area contributed by atoms with Crippen LogP contribution in [0.1, 0.15) is 5.56 Å². The molecule has 0 aromatic heterocycles. The number of phenols is 1. The fourth-order valence-corrected chi connectivity index (χ4v) is 2.72. The number of rotatable bonds is 3. The van der Waals surface area contributed by atoms with Crippen LogP contribution in [-0.2, 0) is 10.0 Å². The Morgan fingerprint density at radius 2 is 1.72 bits per heavy atom. The third-order valence-electron chi connectivity index (χ3n) is 2.51. The van der Waals surface area contributed by atoms with Crippen molar-refractivity contribution in [2.45, 2.75) is 11.8 Å². The number of anilines is 1. The lowest BCUT2D eigenvalue weighted by atomic mass is 10.2. The number of nitrogens with one attached hydrogen (secondary N) is 1. The van der Waals surface area contributed by atoms with E-state index < -0.39 is 10.0 Å². The molecule has 0 unspecified atom stereocenters. The summed E-state index contributed by atoms with van der Waals surface area (Å²) in [5.41, 5.74) is 1.12. The number of aryl methyl sites for hydroxylation is 1. The molecule has 0 aliphatic carbocycles. The highest BCUT2D eigenvalue weighted by Gasteiger charge is 2.14. The van der Waals surface area contributed by atoms with Crippen molar-refractivity contribution in [1.82, 2.24) is 0 Å². The molecule has 94 valence electrons. The van der Waals surface area contributed by atoms with E-state index in [1.165, 1.54) is 30.3 Å². The van der Waals surface area contributed by atoms with Crippen molar-refractivity contribution in [3.63, 3.8) is 0 Å². The van der Waals surface area contributed by atoms with Gasteiger partial charge < -0.3 is 5.11 Å². The van der Waals surface area contributed by atoms with Crippen LogP contribution in [0.4, 0.5) is 5.69 Å². The van der Waals surface area contributed by atoms with Gasteiger partial charge in [0, 0.05) is 0 Å². The summed E-state index contributed by atoms with van der Waals surface area (Å²) in [6.07, 6.45) is 0. The number of benzene rings is 2. The van der Waals surface area contributed by atoms with Crippen LogP contribution >= 0.6 is 0 Å². The van der Waals surface area contributed by atoms with E-state index in [-0.39, 0.29) is 10.6 Å². The van der Waals surface area contributed by atoms with Crippen molar-refractivity contribution in [3.05, 3.63) is 54.1 Å². The van der Waals surface area contributed by atoms with E-state index in [4.69, 9.17) is 0 Å². The molecule has 0 saturated carbocycles. The highest BCUT2D eigenvalue weighted by molar-refractivity contribution is 7.92. The fourth-order valence-electron chi connectivity index (χ4n) is 1.57. The highest BCUT2D eigenvalue weighted by Crippen LogP contribution is 2.23. The first-order chi connectivity index (χ1) is 8.49. The van der Waals surface area contributed by atoms with Crippen molar-refractivity contribution in [2.75, 3.05) is 4.72 Å². The molecule has 0 aliphatic rings. The predicted octanol–water partition coefficient (Wildman–Crippen LogP) is 2.50. The SMILES string of the molecule is Cc1cc(O)ccc1NS(=O)(=O)c1ccccc1. The standard InChI is InChI=1S/C13H13NO3S/c1-10-9-11(15)7-8-13(10)14-18(16,17)12-5-3-2-4-6-12/h2-9,14-15H,1H3. The minimum atomic E-state index is -3.58. The number of aromatic hydroxyl groups is 1. The number of hydrogen-bond acceptors (Lipinski definition) is 3. The molecule has 0 atom stereocenters. The highest BCUT2D eigenvalue weighted by atomic mass is 32.2. The Labute approximate surface area is 106 Å². The van der Waals surface area contributed by atoms with E-state index in [1.807, 2.05) is 0 Å². The average Bonchev–Trinajstić information content (AvgIpc) is 2.34. The van der Waals surface area contributed by atoms with Crippen LogP contribution in [0.25, 0.3) is 0 Å². The summed E-state index contributed by atoms with van der Waals surface area (Å²) in [6, 6.07) is 12.6. The molecular formula is C13H13NO3S. The third-order valence-corrected chi connectivity index (χ3v) is 3.89. The van der Waals surface area contributed by atoms with Gasteiger partial charge in [-0.3, -0.25) is 4.72 Å². The maximum atomic E-state index is 12.1. The molecule has 0 heterocycles. The van der Waals surface area contributed by atoms with Crippen LogP contribution in [0.3, 0.4) is 0 Å². The lowest BCUT2D eigenvalue weighted by molar-refractivity contribution is 0.475. The summed E-state index contributed by atoms with van der Waals surface area (Å²) >= 11 is 0. The lowest BCUT2D eigenvalue weighted by Gasteiger charge is -2.10. The molecule has 0 bridgehead atoms. The van der Waals surface area contributed by atoms with Crippen molar-refractivity contribution >= 4 is 15.7 Å². The first-order valence-corrected chi connectivity index (χ1v) is 6.85. The van der Waals surface area contributed by atoms with Crippen molar-refractivity contribution in [1.29, 1.82) is 0 Å². The Morgan fingerprint density at radius 1 is 1.06 bits per heavy atom. The lowest BCUT2D eigenvalue weighted by Crippen LogP contribution is -2.13. The van der Waals surface area contributed by atoms with E-state index in [9.17, 15) is 13.5 Å². The van der Waals surface area contributed by atoms with Gasteiger partial charge in [0.05, 0.1) is 10.6 Å². The Morgan fingerprint density at radius 3 is 2.33 bits per heavy atom. The Kier molecular flexibility index (Phi) is 3.25. The predicted molar refractivity (Wildman–Crippen MR) is 70.1 cm³/mol. The second-order valence-corrected chi connectivity index (χ2v) is 5.60. The van der Waals surface area contributed by atoms with Crippen LogP contribution < -0.4 is 4.72 Å². The Balaban J connectivity index is 2.34. The van der Waals surface area contributed by atoms with E-state index >= 15 is 0 Å². The van der Waals surface area contributed by atoms with E-state index in [0.717, 1.165) is 0 Å². The van der Waals surface area contributed by atoms with Gasteiger partial charge >= 0.3 is 0 Å². The number of sulfonamides is 1. The summed E-state index contributed by atoms with van der Waals surface area (Å²) in [5, 5.41) is 9.28. The van der Waals surface area contributed by atoms with Crippen LogP contribution in [0.5, 0.6) is 5.75 Å². The molecule has 0 amide bonds. The Hall–Kier alpha value is -2.01. The minimum absolute atomic E-state index is 0.107. The molecule has 2 rings (SSSR count). The van der Waals surface area contributed by atoms with Crippen molar-refractivity contribution in [3.8, 4) is 5.75 Å². The van der Waals surface area contributed by atoms with Gasteiger partial charge in [-0.2, -0.15) is 0 Å². The minimum Gasteiger partial charge on any atom is -0.508 e. The second-order valence-electron chi connectivity index (χ2n) is 3.92. The molecule has 0 fully saturated rings. The zero-order valence-corrected chi connectivity index (χ0v) is 10.6. The fraction of sp³-hybridized carbons (Fsp3) is 0.0769. The molecule has 0 spiro atoms. The summed E-state index contributed by atoms with van der Waals surface area (Å²) < 4.78 is 26.6. The topological polar surface area (TPSA) is 66.4 Å². The van der Waals surface area contributed by atoms with Crippen LogP contribution in [0, 0.1) is 6.92 Å². The smallest absolute Gasteiger partial charge is 0.261 e. The van der Waals surface area contributed by atoms with Gasteiger partial charge in [0.2, 0.25) is 0 Å². The maximum absolute atomic E-state index is 12.1. The average molecular weight is 263 g/mol. The molecule has 2 N–H and O–H groups in total. The quantitative estimate of drug-likeness (QED) is 0.836. The first-order valence-electron chi connectivity index (χ1n) is 5.36. The Bertz CT molecular complexity index is 651. The van der Waals surface area contributed by atoms with Gasteiger partial charge in [-0.1, -0.05) is 18.2 Å². The van der Waals surface area contributed by atoms with Crippen molar-refractivity contribution in [2.24, 2.45) is 0 Å². The molecule has 5 heteroatoms. The first kappa shape index (κ1) is 12.4. The molecule has 4 nitrogen and oxygen atoms in total. The van der Waals surface area contributed by atoms with E-state index in [0.29, 0.717) is 11.3 Å². The summed E-state index contributed by atoms with van der Waals surface area (Å²) in [5.74, 6) is 0.107. The summed E-state index contributed by atoms with van der Waals surface area (Å²) in [4.78, 5) is 0.206. The van der Waals surface area contributed by atoms with Crippen LogP contribution in [0.2, 0.25) is 0 Å². The molecule has 2 aromatic rings. The van der Waals surface area contributed by atoms with Gasteiger partial charge in [-0.05, 0) is 42.8 Å². The summed E-state index contributed by atoms with van der Waals surface area (Å²) in [7, 11) is -3.58. The molecular weight excluding hydrogens is 250 g/mol. The molecule has 0 aliphatic heterocycles. The normalized spacial score (nSPS) is 11.2. The van der Waals surface area contributed by atoms with E-state index in [2.05, 4.69) is 4.72 Å². The van der Waals surface area contributed by atoms with Gasteiger partial charge in [-0.25, -0.2) is 8.42 Å². The largest absolute Gasteiger partial charge is 0.508 e. The van der Waals surface area contributed by atoms with Crippen LogP contribution in [-0.4, -0.2) is 13.5 Å². The zero-order valence-electron chi connectivity index (χ0n) is 9.79. The number of hydrogen-bond donors (Lipinski definition) is 2. The molecule has 0 saturated heterocycles. The van der Waals surface area contributed by atoms with Gasteiger partial charge in [0.15, 0.2) is 0 Å². The second kappa shape index (κ2) is 4.70. The van der Waals surface area contributed by atoms with Crippen molar-refractivity contribution < 1.29 is 13.5 Å². The summed E-state index contributed by atoms with van der Waals surface area (Å²) in [6.45, 7) is 1.72. The van der Waals surface area contributed by atoms with Crippen LogP contribution in [0.15, 0.2) is 53.4 Å².